The molecule has 0 heteroatoms. The van der Waals surface area contributed by atoms with Gasteiger partial charge in [0.15, 0.2) is 0 Å². The van der Waals surface area contributed by atoms with Crippen LogP contribution in [-0.4, -0.2) is 0 Å². The zero-order valence-electron chi connectivity index (χ0n) is 12.9. The summed E-state index contributed by atoms with van der Waals surface area (Å²) >= 11 is 0. The minimum atomic E-state index is 0. The molecule has 0 atom stereocenters. The van der Waals surface area contributed by atoms with E-state index in [9.17, 15) is 0 Å². The Bertz CT molecular complexity index is 268. The highest BCUT2D eigenvalue weighted by atomic mass is 13.9. The van der Waals surface area contributed by atoms with Gasteiger partial charge in [0.2, 0.25) is 0 Å². The zero-order valence-corrected chi connectivity index (χ0v) is 12.9. The van der Waals surface area contributed by atoms with Crippen molar-refractivity contribution < 1.29 is 0 Å². The molecule has 0 saturated heterocycles. The smallest absolute Gasteiger partial charge is 0.0190 e. The van der Waals surface area contributed by atoms with Crippen molar-refractivity contribution in [1.82, 2.24) is 0 Å². The SMILES string of the molecule is C.C=CCC.C=Cc1ccccc1C=C.CC.CC. The average molecular weight is 262 g/mol. The van der Waals surface area contributed by atoms with Crippen LogP contribution in [0.15, 0.2) is 50.1 Å². The highest BCUT2D eigenvalue weighted by Crippen LogP contribution is 2.10. The van der Waals surface area contributed by atoms with Crippen molar-refractivity contribution in [1.29, 1.82) is 0 Å². The zero-order chi connectivity index (χ0) is 14.8. The van der Waals surface area contributed by atoms with Gasteiger partial charge in [-0.3, -0.25) is 0 Å². The van der Waals surface area contributed by atoms with Crippen LogP contribution in [0.2, 0.25) is 0 Å². The third kappa shape index (κ3) is 16.4. The van der Waals surface area contributed by atoms with Crippen molar-refractivity contribution in [2.75, 3.05) is 0 Å². The van der Waals surface area contributed by atoms with E-state index in [2.05, 4.69) is 26.7 Å². The van der Waals surface area contributed by atoms with Crippen molar-refractivity contribution in [3.05, 3.63) is 61.2 Å². The number of allylic oxidation sites excluding steroid dienone is 1. The molecule has 0 heterocycles. The molecule has 0 bridgehead atoms. The van der Waals surface area contributed by atoms with Gasteiger partial charge in [0, 0.05) is 0 Å². The van der Waals surface area contributed by atoms with E-state index < -0.39 is 0 Å². The van der Waals surface area contributed by atoms with Crippen LogP contribution in [0.4, 0.5) is 0 Å². The maximum Gasteiger partial charge on any atom is -0.0190 e. The van der Waals surface area contributed by atoms with E-state index in [1.165, 1.54) is 0 Å². The van der Waals surface area contributed by atoms with Crippen LogP contribution in [-0.2, 0) is 0 Å². The maximum atomic E-state index is 3.69. The first-order valence-corrected chi connectivity index (χ1v) is 6.74. The predicted octanol–water partition coefficient (Wildman–Crippen LogP) is 7.24. The Morgan fingerprint density at radius 3 is 1.26 bits per heavy atom. The van der Waals surface area contributed by atoms with E-state index in [0.29, 0.717) is 0 Å². The molecule has 0 aliphatic heterocycles. The van der Waals surface area contributed by atoms with Crippen LogP contribution in [0.3, 0.4) is 0 Å². The molecular weight excluding hydrogens is 228 g/mol. The minimum absolute atomic E-state index is 0. The highest BCUT2D eigenvalue weighted by Gasteiger charge is 1.89. The van der Waals surface area contributed by atoms with Crippen molar-refractivity contribution in [3.8, 4) is 0 Å². The van der Waals surface area contributed by atoms with Gasteiger partial charge in [0.05, 0.1) is 0 Å². The molecule has 110 valence electrons. The van der Waals surface area contributed by atoms with Crippen LogP contribution >= 0.6 is 0 Å². The van der Waals surface area contributed by atoms with Crippen molar-refractivity contribution in [2.24, 2.45) is 0 Å². The molecule has 0 fully saturated rings. The summed E-state index contributed by atoms with van der Waals surface area (Å²) < 4.78 is 0. The second-order valence-corrected chi connectivity index (χ2v) is 2.73. The van der Waals surface area contributed by atoms with Gasteiger partial charge in [-0.25, -0.2) is 0 Å². The predicted molar refractivity (Wildman–Crippen MR) is 96.5 cm³/mol. The molecule has 0 unspecified atom stereocenters. The topological polar surface area (TPSA) is 0 Å². The molecule has 0 aliphatic rings. The molecule has 0 spiro atoms. The number of rotatable bonds is 3. The molecule has 0 saturated carbocycles. The van der Waals surface area contributed by atoms with Gasteiger partial charge in [0.1, 0.15) is 0 Å². The summed E-state index contributed by atoms with van der Waals surface area (Å²) in [5, 5.41) is 0. The molecule has 0 aliphatic carbocycles. The molecule has 19 heavy (non-hydrogen) atoms. The van der Waals surface area contributed by atoms with Gasteiger partial charge in [-0.2, -0.15) is 0 Å². The Hall–Kier alpha value is -1.56. The lowest BCUT2D eigenvalue weighted by Gasteiger charge is -1.96. The first kappa shape index (κ1) is 26.1. The minimum Gasteiger partial charge on any atom is -0.103 e. The lowest BCUT2D eigenvalue weighted by Crippen LogP contribution is -1.76. The van der Waals surface area contributed by atoms with Crippen LogP contribution < -0.4 is 0 Å². The van der Waals surface area contributed by atoms with E-state index in [1.807, 2.05) is 70.2 Å². The summed E-state index contributed by atoms with van der Waals surface area (Å²) in [6.07, 6.45) is 6.62. The van der Waals surface area contributed by atoms with Crippen LogP contribution in [0.5, 0.6) is 0 Å². The summed E-state index contributed by atoms with van der Waals surface area (Å²) in [6, 6.07) is 8.02. The quantitative estimate of drug-likeness (QED) is 0.503. The molecule has 1 rings (SSSR count). The summed E-state index contributed by atoms with van der Waals surface area (Å²) in [6.45, 7) is 20.9. The third-order valence-corrected chi connectivity index (χ3v) is 1.72. The number of hydrogen-bond acceptors (Lipinski definition) is 0. The van der Waals surface area contributed by atoms with Crippen molar-refractivity contribution in [3.63, 3.8) is 0 Å². The standard InChI is InChI=1S/C10H10.C4H8.2C2H6.CH4/c1-3-9-7-5-6-8-10(9)4-2;1-3-4-2;2*1-2;/h3-8H,1-2H2;3H,1,4H2,2H3;2*1-2H3;1H4. The molecule has 0 nitrogen and oxygen atoms in total. The fourth-order valence-corrected chi connectivity index (χ4v) is 0.883. The second-order valence-electron chi connectivity index (χ2n) is 2.73. The van der Waals surface area contributed by atoms with Gasteiger partial charge in [0.25, 0.3) is 0 Å². The molecule has 0 aromatic heterocycles. The van der Waals surface area contributed by atoms with Gasteiger partial charge in [-0.1, -0.05) is 97.7 Å². The summed E-state index contributed by atoms with van der Waals surface area (Å²) in [7, 11) is 0. The monoisotopic (exact) mass is 262 g/mol. The lowest BCUT2D eigenvalue weighted by molar-refractivity contribution is 1.23. The summed E-state index contributed by atoms with van der Waals surface area (Å²) in [5.74, 6) is 0. The summed E-state index contributed by atoms with van der Waals surface area (Å²) in [4.78, 5) is 0. The maximum absolute atomic E-state index is 3.69. The first-order valence-electron chi connectivity index (χ1n) is 6.74. The van der Waals surface area contributed by atoms with E-state index in [-0.39, 0.29) is 7.43 Å². The Morgan fingerprint density at radius 1 is 0.842 bits per heavy atom. The van der Waals surface area contributed by atoms with E-state index >= 15 is 0 Å². The Morgan fingerprint density at radius 2 is 1.11 bits per heavy atom. The van der Waals surface area contributed by atoms with E-state index in [4.69, 9.17) is 0 Å². The number of hydrogen-bond donors (Lipinski definition) is 0. The molecule has 0 N–H and O–H groups in total. The van der Waals surface area contributed by atoms with Crippen LogP contribution in [0.1, 0.15) is 59.6 Å². The van der Waals surface area contributed by atoms with Gasteiger partial charge in [-0.15, -0.1) is 6.58 Å². The number of benzene rings is 1. The van der Waals surface area contributed by atoms with Gasteiger partial charge >= 0.3 is 0 Å². The molecular formula is C19H34. The van der Waals surface area contributed by atoms with Gasteiger partial charge in [-0.05, 0) is 17.5 Å². The molecule has 1 aromatic rings. The normalized spacial score (nSPS) is 6.58. The molecule has 0 radical (unpaired) electrons. The molecule has 0 amide bonds. The average Bonchev–Trinajstić information content (AvgIpc) is 2.51. The van der Waals surface area contributed by atoms with Crippen molar-refractivity contribution in [2.45, 2.75) is 48.5 Å². The first-order chi connectivity index (χ1) is 8.79. The lowest BCUT2D eigenvalue weighted by atomic mass is 10.1. The van der Waals surface area contributed by atoms with Crippen LogP contribution in [0, 0.1) is 0 Å². The third-order valence-electron chi connectivity index (χ3n) is 1.72. The van der Waals surface area contributed by atoms with E-state index in [1.54, 1.807) is 0 Å². The highest BCUT2D eigenvalue weighted by molar-refractivity contribution is 5.63. The van der Waals surface area contributed by atoms with E-state index in [0.717, 1.165) is 17.5 Å². The summed E-state index contributed by atoms with van der Waals surface area (Å²) in [5.41, 5.74) is 2.27. The van der Waals surface area contributed by atoms with Crippen LogP contribution in [0.25, 0.3) is 12.2 Å². The second kappa shape index (κ2) is 25.3. The largest absolute Gasteiger partial charge is 0.103 e. The van der Waals surface area contributed by atoms with Gasteiger partial charge < -0.3 is 0 Å². The fourth-order valence-electron chi connectivity index (χ4n) is 0.883. The Kier molecular flexibility index (Phi) is 34.8. The Balaban J connectivity index is -0.000000107. The fraction of sp³-hybridized carbons (Fsp3) is 0.368. The van der Waals surface area contributed by atoms with Crippen molar-refractivity contribution >= 4 is 12.2 Å². The molecule has 1 aromatic carbocycles. The Labute approximate surface area is 122 Å².